The Hall–Kier alpha value is -1.62. The number of aliphatic hydroxyl groups is 1. The predicted molar refractivity (Wildman–Crippen MR) is 49.8 cm³/mol. The molecule has 1 amide bonds. The lowest BCUT2D eigenvalue weighted by Gasteiger charge is -2.27. The van der Waals surface area contributed by atoms with Crippen LogP contribution in [0.15, 0.2) is 12.4 Å². The Morgan fingerprint density at radius 1 is 1.57 bits per heavy atom. The van der Waals surface area contributed by atoms with Crippen molar-refractivity contribution in [1.82, 2.24) is 14.5 Å². The molecule has 2 heterocycles. The van der Waals surface area contributed by atoms with Gasteiger partial charge in [-0.25, -0.2) is 4.98 Å². The zero-order valence-electron chi connectivity index (χ0n) is 8.01. The molecule has 0 saturated carbocycles. The minimum Gasteiger partial charge on any atom is -0.368 e. The van der Waals surface area contributed by atoms with E-state index < -0.39 is 6.23 Å². The molecule has 0 bridgehead atoms. The van der Waals surface area contributed by atoms with E-state index >= 15 is 0 Å². The number of carbonyl (C=O) groups is 1. The van der Waals surface area contributed by atoms with Crippen LogP contribution in [0.2, 0.25) is 0 Å². The van der Waals surface area contributed by atoms with Gasteiger partial charge in [-0.3, -0.25) is 9.69 Å². The Morgan fingerprint density at radius 3 is 2.93 bits per heavy atom. The van der Waals surface area contributed by atoms with Crippen LogP contribution in [0.1, 0.15) is 24.7 Å². The first-order chi connectivity index (χ1) is 6.61. The number of imidazole rings is 1. The molecule has 0 saturated heterocycles. The van der Waals surface area contributed by atoms with Gasteiger partial charge in [0.05, 0.1) is 11.9 Å². The number of carbonyl (C=O) groups excluding carboxylic acids is 1. The van der Waals surface area contributed by atoms with Crippen molar-refractivity contribution in [2.75, 3.05) is 0 Å². The van der Waals surface area contributed by atoms with Crippen LogP contribution in [-0.2, 0) is 4.79 Å². The standard InChI is InChI=1S/C9H11N3O2/c1-6-10-5-8-9(14)12(7(2)13)4-3-11(6)8/h3-5,9,14H,1-2H3. The van der Waals surface area contributed by atoms with Crippen LogP contribution in [0.4, 0.5) is 0 Å². The molecule has 0 fully saturated rings. The van der Waals surface area contributed by atoms with Gasteiger partial charge in [-0.05, 0) is 6.92 Å². The van der Waals surface area contributed by atoms with Gasteiger partial charge in [0.1, 0.15) is 5.82 Å². The van der Waals surface area contributed by atoms with E-state index in [1.807, 2.05) is 6.92 Å². The normalized spacial score (nSPS) is 19.6. The minimum atomic E-state index is -0.932. The quantitative estimate of drug-likeness (QED) is 0.651. The van der Waals surface area contributed by atoms with Gasteiger partial charge < -0.3 is 9.67 Å². The van der Waals surface area contributed by atoms with E-state index in [1.54, 1.807) is 23.2 Å². The van der Waals surface area contributed by atoms with E-state index in [2.05, 4.69) is 4.98 Å². The van der Waals surface area contributed by atoms with Gasteiger partial charge >= 0.3 is 0 Å². The number of hydrogen-bond acceptors (Lipinski definition) is 3. The third kappa shape index (κ3) is 1.13. The zero-order valence-corrected chi connectivity index (χ0v) is 8.01. The molecule has 1 unspecified atom stereocenters. The zero-order chi connectivity index (χ0) is 10.3. The fourth-order valence-corrected chi connectivity index (χ4v) is 1.50. The highest BCUT2D eigenvalue weighted by Crippen LogP contribution is 2.24. The van der Waals surface area contributed by atoms with E-state index in [-0.39, 0.29) is 5.91 Å². The molecule has 0 spiro atoms. The van der Waals surface area contributed by atoms with Gasteiger partial charge in [0, 0.05) is 19.3 Å². The second-order valence-corrected chi connectivity index (χ2v) is 3.20. The fourth-order valence-electron chi connectivity index (χ4n) is 1.50. The SMILES string of the molecule is CC(=O)N1C=Cn2c(cnc2C)C1O. The highest BCUT2D eigenvalue weighted by Gasteiger charge is 2.25. The van der Waals surface area contributed by atoms with Crippen molar-refractivity contribution in [2.45, 2.75) is 20.1 Å². The highest BCUT2D eigenvalue weighted by atomic mass is 16.3. The summed E-state index contributed by atoms with van der Waals surface area (Å²) in [5.41, 5.74) is 0.611. The van der Waals surface area contributed by atoms with Crippen LogP contribution < -0.4 is 0 Å². The number of fused-ring (bicyclic) bond motifs is 1. The van der Waals surface area contributed by atoms with Crippen molar-refractivity contribution in [3.05, 3.63) is 23.9 Å². The first-order valence-corrected chi connectivity index (χ1v) is 4.30. The van der Waals surface area contributed by atoms with Crippen LogP contribution in [0.25, 0.3) is 6.20 Å². The van der Waals surface area contributed by atoms with Crippen LogP contribution in [0.5, 0.6) is 0 Å². The fraction of sp³-hybridized carbons (Fsp3) is 0.333. The van der Waals surface area contributed by atoms with Crippen molar-refractivity contribution in [3.8, 4) is 0 Å². The summed E-state index contributed by atoms with van der Waals surface area (Å²) in [6, 6.07) is 0. The predicted octanol–water partition coefficient (Wildman–Crippen LogP) is 0.473. The molecule has 2 rings (SSSR count). The van der Waals surface area contributed by atoms with Crippen molar-refractivity contribution in [3.63, 3.8) is 0 Å². The van der Waals surface area contributed by atoms with Gasteiger partial charge in [0.25, 0.3) is 0 Å². The first kappa shape index (κ1) is 8.96. The molecule has 1 aliphatic heterocycles. The average molecular weight is 193 g/mol. The maximum atomic E-state index is 11.1. The van der Waals surface area contributed by atoms with Gasteiger partial charge in [-0.15, -0.1) is 0 Å². The number of aromatic nitrogens is 2. The molecular formula is C9H11N3O2. The van der Waals surface area contributed by atoms with Crippen LogP contribution in [0, 0.1) is 6.92 Å². The third-order valence-corrected chi connectivity index (χ3v) is 2.28. The van der Waals surface area contributed by atoms with Gasteiger partial charge in [-0.2, -0.15) is 0 Å². The molecule has 74 valence electrons. The van der Waals surface area contributed by atoms with Crippen molar-refractivity contribution >= 4 is 12.1 Å². The minimum absolute atomic E-state index is 0.196. The summed E-state index contributed by atoms with van der Waals surface area (Å²) in [7, 11) is 0. The lowest BCUT2D eigenvalue weighted by molar-refractivity contribution is -0.135. The number of rotatable bonds is 0. The van der Waals surface area contributed by atoms with Crippen molar-refractivity contribution < 1.29 is 9.90 Å². The summed E-state index contributed by atoms with van der Waals surface area (Å²) < 4.78 is 1.75. The summed E-state index contributed by atoms with van der Waals surface area (Å²) in [6.07, 6.45) is 3.90. The Morgan fingerprint density at radius 2 is 2.29 bits per heavy atom. The first-order valence-electron chi connectivity index (χ1n) is 4.30. The summed E-state index contributed by atoms with van der Waals surface area (Å²) >= 11 is 0. The van der Waals surface area contributed by atoms with Crippen LogP contribution >= 0.6 is 0 Å². The monoisotopic (exact) mass is 193 g/mol. The molecule has 1 aromatic heterocycles. The number of hydrogen-bond donors (Lipinski definition) is 1. The van der Waals surface area contributed by atoms with Crippen molar-refractivity contribution in [2.24, 2.45) is 0 Å². The largest absolute Gasteiger partial charge is 0.368 e. The molecule has 0 radical (unpaired) electrons. The number of aliphatic hydroxyl groups excluding tert-OH is 1. The molecule has 14 heavy (non-hydrogen) atoms. The molecule has 1 aliphatic rings. The topological polar surface area (TPSA) is 58.4 Å². The molecule has 5 heteroatoms. The van der Waals surface area contributed by atoms with E-state index in [0.29, 0.717) is 5.69 Å². The number of aryl methyl sites for hydroxylation is 1. The average Bonchev–Trinajstić information content (AvgIpc) is 2.49. The smallest absolute Gasteiger partial charge is 0.225 e. The van der Waals surface area contributed by atoms with Crippen LogP contribution in [-0.4, -0.2) is 25.5 Å². The second kappa shape index (κ2) is 2.95. The lowest BCUT2D eigenvalue weighted by Crippen LogP contribution is -2.31. The Bertz CT molecular complexity index is 408. The molecule has 1 N–H and O–H groups in total. The van der Waals surface area contributed by atoms with Gasteiger partial charge in [0.15, 0.2) is 6.23 Å². The maximum absolute atomic E-state index is 11.1. The molecule has 5 nitrogen and oxygen atoms in total. The Kier molecular flexibility index (Phi) is 1.89. The number of amides is 1. The van der Waals surface area contributed by atoms with E-state index in [9.17, 15) is 9.90 Å². The summed E-state index contributed by atoms with van der Waals surface area (Å²) in [6.45, 7) is 3.25. The van der Waals surface area contributed by atoms with E-state index in [4.69, 9.17) is 0 Å². The molecular weight excluding hydrogens is 182 g/mol. The van der Waals surface area contributed by atoms with E-state index in [1.165, 1.54) is 11.8 Å². The van der Waals surface area contributed by atoms with Gasteiger partial charge in [-0.1, -0.05) is 0 Å². The summed E-state index contributed by atoms with van der Waals surface area (Å²) in [4.78, 5) is 16.4. The second-order valence-electron chi connectivity index (χ2n) is 3.20. The summed E-state index contributed by atoms with van der Waals surface area (Å²) in [5.74, 6) is 0.595. The Balaban J connectivity index is 2.45. The Labute approximate surface area is 81.3 Å². The third-order valence-electron chi connectivity index (χ3n) is 2.28. The molecule has 1 aromatic rings. The molecule has 0 aliphatic carbocycles. The highest BCUT2D eigenvalue weighted by molar-refractivity contribution is 5.75. The van der Waals surface area contributed by atoms with E-state index in [0.717, 1.165) is 5.82 Å². The van der Waals surface area contributed by atoms with Crippen LogP contribution in [0.3, 0.4) is 0 Å². The van der Waals surface area contributed by atoms with Gasteiger partial charge in [0.2, 0.25) is 5.91 Å². The molecule has 0 aromatic carbocycles. The van der Waals surface area contributed by atoms with Crippen molar-refractivity contribution in [1.29, 1.82) is 0 Å². The molecule has 1 atom stereocenters. The lowest BCUT2D eigenvalue weighted by atomic mass is 10.3. The summed E-state index contributed by atoms with van der Waals surface area (Å²) in [5, 5.41) is 9.80. The maximum Gasteiger partial charge on any atom is 0.225 e. The number of nitrogens with zero attached hydrogens (tertiary/aromatic N) is 3.